The minimum atomic E-state index is -0.112. The maximum absolute atomic E-state index is 11.7. The molecule has 2 unspecified atom stereocenters. The first-order valence-corrected chi connectivity index (χ1v) is 13.2. The lowest BCUT2D eigenvalue weighted by molar-refractivity contribution is -0.156. The second-order valence-electron chi connectivity index (χ2n) is 11.9. The van der Waals surface area contributed by atoms with Gasteiger partial charge < -0.3 is 9.47 Å². The molecule has 0 amide bonds. The van der Waals surface area contributed by atoms with Gasteiger partial charge in [-0.3, -0.25) is 4.79 Å². The highest BCUT2D eigenvalue weighted by Gasteiger charge is 2.59. The van der Waals surface area contributed by atoms with E-state index in [2.05, 4.69) is 50.3 Å². The smallest absolute Gasteiger partial charge is 0.302 e. The predicted molar refractivity (Wildman–Crippen MR) is 130 cm³/mol. The van der Waals surface area contributed by atoms with Gasteiger partial charge in [0, 0.05) is 12.3 Å². The Morgan fingerprint density at radius 3 is 2.73 bits per heavy atom. The van der Waals surface area contributed by atoms with E-state index in [9.17, 15) is 4.79 Å². The zero-order valence-electron chi connectivity index (χ0n) is 20.4. The Morgan fingerprint density at radius 1 is 1.03 bits per heavy atom. The zero-order valence-corrected chi connectivity index (χ0v) is 20.4. The molecule has 0 bridgehead atoms. The molecule has 0 saturated heterocycles. The molecule has 0 aromatic heterocycles. The van der Waals surface area contributed by atoms with Crippen molar-refractivity contribution in [2.75, 3.05) is 0 Å². The van der Waals surface area contributed by atoms with Crippen molar-refractivity contribution in [1.82, 2.24) is 0 Å². The van der Waals surface area contributed by atoms with Crippen LogP contribution in [0, 0.1) is 28.6 Å². The Balaban J connectivity index is 1.24. The third-order valence-corrected chi connectivity index (χ3v) is 10.4. The first kappa shape index (κ1) is 21.5. The molecule has 6 rings (SSSR count). The topological polar surface area (TPSA) is 35.5 Å². The molecular formula is C30H38O3. The highest BCUT2D eigenvalue weighted by Crippen LogP contribution is 2.65. The molecule has 2 saturated carbocycles. The van der Waals surface area contributed by atoms with Crippen molar-refractivity contribution in [3.63, 3.8) is 0 Å². The van der Waals surface area contributed by atoms with Crippen LogP contribution in [-0.2, 0) is 16.0 Å². The predicted octanol–water partition coefficient (Wildman–Crippen LogP) is 6.81. The SMILES string of the molecule is CC(=O)OC1CC[C@H]2[C@@H]3CC=C4C=C(C5CCc6ccccc6O5)CC[C@]4(C)[C@H]3CC[C@]12C. The average molecular weight is 447 g/mol. The van der Waals surface area contributed by atoms with E-state index in [0.717, 1.165) is 43.3 Å². The summed E-state index contributed by atoms with van der Waals surface area (Å²) < 4.78 is 12.3. The number of esters is 1. The lowest BCUT2D eigenvalue weighted by Crippen LogP contribution is -2.50. The number of ether oxygens (including phenoxy) is 2. The maximum Gasteiger partial charge on any atom is 0.302 e. The number of fused-ring (bicyclic) bond motifs is 6. The fourth-order valence-electron chi connectivity index (χ4n) is 8.53. The molecule has 0 radical (unpaired) electrons. The van der Waals surface area contributed by atoms with Gasteiger partial charge in [-0.05, 0) is 104 Å². The molecule has 1 aromatic rings. The van der Waals surface area contributed by atoms with Crippen LogP contribution >= 0.6 is 0 Å². The molecule has 33 heavy (non-hydrogen) atoms. The maximum atomic E-state index is 11.7. The van der Waals surface area contributed by atoms with Crippen molar-refractivity contribution in [1.29, 1.82) is 0 Å². The van der Waals surface area contributed by atoms with Gasteiger partial charge >= 0.3 is 5.97 Å². The third kappa shape index (κ3) is 3.33. The molecule has 1 aromatic carbocycles. The first-order chi connectivity index (χ1) is 15.9. The summed E-state index contributed by atoms with van der Waals surface area (Å²) in [4.78, 5) is 11.7. The Hall–Kier alpha value is -2.03. The van der Waals surface area contributed by atoms with Gasteiger partial charge in [0.05, 0.1) is 0 Å². The van der Waals surface area contributed by atoms with Crippen molar-refractivity contribution in [3.8, 4) is 5.75 Å². The molecule has 5 aliphatic rings. The van der Waals surface area contributed by atoms with Gasteiger partial charge in [-0.15, -0.1) is 0 Å². The summed E-state index contributed by atoms with van der Waals surface area (Å²) in [7, 11) is 0. The third-order valence-electron chi connectivity index (χ3n) is 10.4. The Kier molecular flexibility index (Phi) is 5.05. The van der Waals surface area contributed by atoms with Crippen LogP contribution in [0.15, 0.2) is 47.6 Å². The second kappa shape index (κ2) is 7.75. The minimum Gasteiger partial charge on any atom is -0.486 e. The van der Waals surface area contributed by atoms with E-state index in [4.69, 9.17) is 9.47 Å². The number of carbonyl (C=O) groups excluding carboxylic acids is 1. The lowest BCUT2D eigenvalue weighted by Gasteiger charge is -2.57. The van der Waals surface area contributed by atoms with E-state index in [-0.39, 0.29) is 29.0 Å². The summed E-state index contributed by atoms with van der Waals surface area (Å²) in [5.41, 5.74) is 4.87. The number of rotatable bonds is 2. The number of hydrogen-bond acceptors (Lipinski definition) is 3. The van der Waals surface area contributed by atoms with E-state index in [1.165, 1.54) is 43.2 Å². The van der Waals surface area contributed by atoms with Crippen LogP contribution in [0.5, 0.6) is 5.75 Å². The molecule has 0 N–H and O–H groups in total. The first-order valence-electron chi connectivity index (χ1n) is 13.2. The number of benzene rings is 1. The van der Waals surface area contributed by atoms with Gasteiger partial charge in [0.1, 0.15) is 18.0 Å². The van der Waals surface area contributed by atoms with Gasteiger partial charge in [0.25, 0.3) is 0 Å². The molecule has 176 valence electrons. The summed E-state index contributed by atoms with van der Waals surface area (Å²) in [6.45, 7) is 6.52. The minimum absolute atomic E-state index is 0.112. The number of para-hydroxylation sites is 1. The second-order valence-corrected chi connectivity index (χ2v) is 11.9. The van der Waals surface area contributed by atoms with Gasteiger partial charge in [-0.25, -0.2) is 0 Å². The molecule has 1 heterocycles. The fraction of sp³-hybridized carbons (Fsp3) is 0.633. The monoisotopic (exact) mass is 446 g/mol. The van der Waals surface area contributed by atoms with Gasteiger partial charge in [0.2, 0.25) is 0 Å². The summed E-state index contributed by atoms with van der Waals surface area (Å²) in [6, 6.07) is 8.53. The standard InChI is InChI=1S/C30H38O3/c1-19(31)32-28-13-11-24-23-10-9-22-18-21(27-12-8-20-6-4-5-7-26(20)33-27)14-16-29(22,2)25(23)15-17-30(24,28)3/h4-7,9,18,23-25,27-28H,8,10-17H2,1-3H3/t23-,24-,25-,27?,28?,29-,30-/m0/s1. The zero-order chi connectivity index (χ0) is 22.8. The normalized spacial score (nSPS) is 41.4. The van der Waals surface area contributed by atoms with Crippen LogP contribution in [0.2, 0.25) is 0 Å². The molecule has 4 aliphatic carbocycles. The largest absolute Gasteiger partial charge is 0.486 e. The fourth-order valence-corrected chi connectivity index (χ4v) is 8.53. The molecule has 2 fully saturated rings. The van der Waals surface area contributed by atoms with Gasteiger partial charge in [0.15, 0.2) is 0 Å². The van der Waals surface area contributed by atoms with Crippen LogP contribution in [0.3, 0.4) is 0 Å². The van der Waals surface area contributed by atoms with Crippen molar-refractivity contribution < 1.29 is 14.3 Å². The molecule has 7 atom stereocenters. The van der Waals surface area contributed by atoms with E-state index in [1.807, 2.05) is 0 Å². The van der Waals surface area contributed by atoms with Gasteiger partial charge in [-0.1, -0.05) is 44.2 Å². The highest BCUT2D eigenvalue weighted by atomic mass is 16.5. The molecule has 3 nitrogen and oxygen atoms in total. The van der Waals surface area contributed by atoms with Crippen LogP contribution in [-0.4, -0.2) is 18.2 Å². The number of allylic oxidation sites excluding steroid dienone is 3. The van der Waals surface area contributed by atoms with Crippen LogP contribution in [0.4, 0.5) is 0 Å². The number of aryl methyl sites for hydroxylation is 1. The summed E-state index contributed by atoms with van der Waals surface area (Å²) >= 11 is 0. The Morgan fingerprint density at radius 2 is 1.88 bits per heavy atom. The van der Waals surface area contributed by atoms with Crippen molar-refractivity contribution in [2.24, 2.45) is 28.6 Å². The summed E-state index contributed by atoms with van der Waals surface area (Å²) in [5, 5.41) is 0. The number of hydrogen-bond donors (Lipinski definition) is 0. The van der Waals surface area contributed by atoms with E-state index < -0.39 is 0 Å². The Bertz CT molecular complexity index is 1020. The average Bonchev–Trinajstić information content (AvgIpc) is 3.14. The van der Waals surface area contributed by atoms with E-state index in [1.54, 1.807) is 12.5 Å². The molecule has 1 aliphatic heterocycles. The van der Waals surface area contributed by atoms with Crippen molar-refractivity contribution in [3.05, 3.63) is 53.1 Å². The van der Waals surface area contributed by atoms with Gasteiger partial charge in [-0.2, -0.15) is 0 Å². The summed E-state index contributed by atoms with van der Waals surface area (Å²) in [5.74, 6) is 3.12. The highest BCUT2D eigenvalue weighted by molar-refractivity contribution is 5.66. The lowest BCUT2D eigenvalue weighted by atomic mass is 9.48. The molecule has 3 heteroatoms. The Labute approximate surface area is 198 Å². The number of carbonyl (C=O) groups is 1. The van der Waals surface area contributed by atoms with Crippen LogP contribution in [0.1, 0.15) is 77.7 Å². The van der Waals surface area contributed by atoms with Crippen LogP contribution in [0.25, 0.3) is 0 Å². The molecular weight excluding hydrogens is 408 g/mol. The summed E-state index contributed by atoms with van der Waals surface area (Å²) in [6.07, 6.45) is 15.9. The van der Waals surface area contributed by atoms with E-state index >= 15 is 0 Å². The van der Waals surface area contributed by atoms with Crippen LogP contribution < -0.4 is 4.74 Å². The van der Waals surface area contributed by atoms with Crippen molar-refractivity contribution >= 4 is 5.97 Å². The van der Waals surface area contributed by atoms with E-state index in [0.29, 0.717) is 5.92 Å². The quantitative estimate of drug-likeness (QED) is 0.468. The van der Waals surface area contributed by atoms with Crippen molar-refractivity contribution in [2.45, 2.75) is 90.8 Å². The molecule has 0 spiro atoms.